The summed E-state index contributed by atoms with van der Waals surface area (Å²) < 4.78 is 68.1. The summed E-state index contributed by atoms with van der Waals surface area (Å²) in [4.78, 5) is -0.144. The van der Waals surface area contributed by atoms with Crippen LogP contribution in [-0.2, 0) is 16.2 Å². The highest BCUT2D eigenvalue weighted by atomic mass is 32.2. The Morgan fingerprint density at radius 1 is 1.20 bits per heavy atom. The van der Waals surface area contributed by atoms with E-state index < -0.39 is 21.8 Å². The SMILES string of the molecule is NC1=NS(=O)(=O)C(COc2ccc(C(F)(F)F)cc2)=C1. The van der Waals surface area contributed by atoms with Crippen molar-refractivity contribution in [2.75, 3.05) is 6.61 Å². The molecule has 1 heterocycles. The number of rotatable bonds is 3. The lowest BCUT2D eigenvalue weighted by Crippen LogP contribution is -2.08. The molecular weight excluding hydrogens is 297 g/mol. The van der Waals surface area contributed by atoms with Gasteiger partial charge in [0.25, 0.3) is 10.0 Å². The Balaban J connectivity index is 2.05. The fourth-order valence-electron chi connectivity index (χ4n) is 1.47. The maximum absolute atomic E-state index is 12.3. The molecule has 0 atom stereocenters. The Hall–Kier alpha value is -2.03. The molecule has 0 aromatic heterocycles. The minimum atomic E-state index is -4.43. The fourth-order valence-corrected chi connectivity index (χ4v) is 2.40. The predicted molar refractivity (Wildman–Crippen MR) is 65.6 cm³/mol. The first-order valence-electron chi connectivity index (χ1n) is 5.29. The van der Waals surface area contributed by atoms with Crippen molar-refractivity contribution in [3.05, 3.63) is 40.8 Å². The second-order valence-electron chi connectivity index (χ2n) is 3.91. The lowest BCUT2D eigenvalue weighted by Gasteiger charge is -2.09. The molecule has 9 heteroatoms. The first kappa shape index (κ1) is 14.4. The minimum absolute atomic E-state index is 0.111. The van der Waals surface area contributed by atoms with Gasteiger partial charge in [-0.2, -0.15) is 21.6 Å². The van der Waals surface area contributed by atoms with E-state index in [0.29, 0.717) is 0 Å². The minimum Gasteiger partial charge on any atom is -0.488 e. The molecule has 108 valence electrons. The van der Waals surface area contributed by atoms with Gasteiger partial charge in [-0.3, -0.25) is 0 Å². The maximum atomic E-state index is 12.3. The smallest absolute Gasteiger partial charge is 0.416 e. The summed E-state index contributed by atoms with van der Waals surface area (Å²) in [5.74, 6) is -0.0457. The van der Waals surface area contributed by atoms with Crippen LogP contribution in [0.1, 0.15) is 5.56 Å². The van der Waals surface area contributed by atoms with Crippen LogP contribution in [0, 0.1) is 0 Å². The van der Waals surface area contributed by atoms with Crippen molar-refractivity contribution >= 4 is 15.9 Å². The average Bonchev–Trinajstić information content (AvgIpc) is 2.58. The lowest BCUT2D eigenvalue weighted by molar-refractivity contribution is -0.137. The van der Waals surface area contributed by atoms with E-state index in [1.165, 1.54) is 0 Å². The molecule has 2 N–H and O–H groups in total. The van der Waals surface area contributed by atoms with Gasteiger partial charge in [-0.1, -0.05) is 0 Å². The Morgan fingerprint density at radius 2 is 1.80 bits per heavy atom. The van der Waals surface area contributed by atoms with Crippen LogP contribution in [0.3, 0.4) is 0 Å². The topological polar surface area (TPSA) is 81.8 Å². The van der Waals surface area contributed by atoms with Crippen molar-refractivity contribution in [2.24, 2.45) is 10.1 Å². The van der Waals surface area contributed by atoms with Crippen molar-refractivity contribution in [3.8, 4) is 5.75 Å². The number of benzene rings is 1. The van der Waals surface area contributed by atoms with E-state index in [2.05, 4.69) is 4.40 Å². The van der Waals surface area contributed by atoms with Crippen LogP contribution in [0.5, 0.6) is 5.75 Å². The zero-order chi connectivity index (χ0) is 15.0. The number of nitrogens with two attached hydrogens (primary N) is 1. The van der Waals surface area contributed by atoms with Crippen LogP contribution in [0.15, 0.2) is 39.6 Å². The second-order valence-corrected chi connectivity index (χ2v) is 5.57. The number of nitrogens with zero attached hydrogens (tertiary/aromatic N) is 1. The van der Waals surface area contributed by atoms with Crippen molar-refractivity contribution in [2.45, 2.75) is 6.18 Å². The Bertz CT molecular complexity index is 676. The third-order valence-electron chi connectivity index (χ3n) is 2.43. The molecule has 0 saturated heterocycles. The number of halogens is 3. The van der Waals surface area contributed by atoms with Crippen molar-refractivity contribution < 1.29 is 26.3 Å². The zero-order valence-electron chi connectivity index (χ0n) is 9.89. The summed E-state index contributed by atoms with van der Waals surface area (Å²) in [7, 11) is -3.82. The molecule has 0 amide bonds. The number of amidine groups is 1. The van der Waals surface area contributed by atoms with Crippen LogP contribution < -0.4 is 10.5 Å². The number of hydrogen-bond acceptors (Lipinski definition) is 4. The summed E-state index contributed by atoms with van der Waals surface area (Å²) in [6.45, 7) is -0.349. The van der Waals surface area contributed by atoms with Gasteiger partial charge in [0.15, 0.2) is 0 Å². The molecule has 5 nitrogen and oxygen atoms in total. The summed E-state index contributed by atoms with van der Waals surface area (Å²) in [6.07, 6.45) is -3.29. The monoisotopic (exact) mass is 306 g/mol. The molecule has 0 fully saturated rings. The molecule has 0 bridgehead atoms. The molecule has 0 saturated carbocycles. The van der Waals surface area contributed by atoms with Gasteiger partial charge in [0.1, 0.15) is 23.1 Å². The summed E-state index contributed by atoms with van der Waals surface area (Å²) in [6, 6.07) is 3.90. The van der Waals surface area contributed by atoms with E-state index >= 15 is 0 Å². The van der Waals surface area contributed by atoms with Gasteiger partial charge in [0.2, 0.25) is 0 Å². The van der Waals surface area contributed by atoms with Crippen molar-refractivity contribution in [3.63, 3.8) is 0 Å². The standard InChI is InChI=1S/C11H9F3N2O3S/c12-11(13,14)7-1-3-8(4-2-7)19-6-9-5-10(15)16-20(9,17)18/h1-5H,6H2,(H2,15,16). The largest absolute Gasteiger partial charge is 0.488 e. The van der Waals surface area contributed by atoms with Gasteiger partial charge in [0, 0.05) is 6.08 Å². The van der Waals surface area contributed by atoms with Gasteiger partial charge < -0.3 is 10.5 Å². The van der Waals surface area contributed by atoms with E-state index in [1.807, 2.05) is 0 Å². The Morgan fingerprint density at radius 3 is 2.25 bits per heavy atom. The number of ether oxygens (including phenoxy) is 1. The molecule has 0 aliphatic carbocycles. The van der Waals surface area contributed by atoms with Gasteiger partial charge in [-0.25, -0.2) is 0 Å². The normalized spacial score (nSPS) is 17.6. The van der Waals surface area contributed by atoms with Crippen LogP contribution in [0.25, 0.3) is 0 Å². The zero-order valence-corrected chi connectivity index (χ0v) is 10.7. The van der Waals surface area contributed by atoms with Gasteiger partial charge in [-0.05, 0) is 24.3 Å². The molecular formula is C11H9F3N2O3S. The maximum Gasteiger partial charge on any atom is 0.416 e. The third kappa shape index (κ3) is 3.10. The van der Waals surface area contributed by atoms with Crippen LogP contribution in [0.4, 0.5) is 13.2 Å². The molecule has 0 radical (unpaired) electrons. The van der Waals surface area contributed by atoms with Crippen LogP contribution in [-0.4, -0.2) is 20.9 Å². The molecule has 1 aliphatic heterocycles. The Kier molecular flexibility index (Phi) is 3.46. The molecule has 1 aromatic carbocycles. The number of sulfonamides is 1. The summed E-state index contributed by atoms with van der Waals surface area (Å²) in [5.41, 5.74) is 4.44. The van der Waals surface area contributed by atoms with Gasteiger partial charge in [0.05, 0.1) is 5.56 Å². The van der Waals surface area contributed by atoms with E-state index in [4.69, 9.17) is 10.5 Å². The highest BCUT2D eigenvalue weighted by Crippen LogP contribution is 2.30. The second kappa shape index (κ2) is 4.82. The van der Waals surface area contributed by atoms with E-state index in [9.17, 15) is 21.6 Å². The van der Waals surface area contributed by atoms with E-state index in [0.717, 1.165) is 30.3 Å². The first-order valence-corrected chi connectivity index (χ1v) is 6.73. The molecule has 0 spiro atoms. The molecule has 0 unspecified atom stereocenters. The molecule has 2 rings (SSSR count). The van der Waals surface area contributed by atoms with Crippen molar-refractivity contribution in [1.82, 2.24) is 0 Å². The Labute approximate surface area is 112 Å². The van der Waals surface area contributed by atoms with Crippen LogP contribution in [0.2, 0.25) is 0 Å². The van der Waals surface area contributed by atoms with E-state index in [1.54, 1.807) is 0 Å². The van der Waals surface area contributed by atoms with Gasteiger partial charge >= 0.3 is 6.18 Å². The van der Waals surface area contributed by atoms with Crippen molar-refractivity contribution in [1.29, 1.82) is 0 Å². The number of alkyl halides is 3. The molecule has 20 heavy (non-hydrogen) atoms. The highest BCUT2D eigenvalue weighted by Gasteiger charge is 2.30. The summed E-state index contributed by atoms with van der Waals surface area (Å²) in [5, 5.41) is 0. The quantitative estimate of drug-likeness (QED) is 0.921. The van der Waals surface area contributed by atoms with Crippen LogP contribution >= 0.6 is 0 Å². The lowest BCUT2D eigenvalue weighted by atomic mass is 10.2. The summed E-state index contributed by atoms with van der Waals surface area (Å²) >= 11 is 0. The van der Waals surface area contributed by atoms with Gasteiger partial charge in [-0.15, -0.1) is 4.40 Å². The predicted octanol–water partition coefficient (Wildman–Crippen LogP) is 1.67. The molecule has 1 aliphatic rings. The molecule has 1 aromatic rings. The van der Waals surface area contributed by atoms with E-state index in [-0.39, 0.29) is 23.1 Å². The fraction of sp³-hybridized carbons (Fsp3) is 0.182. The third-order valence-corrected chi connectivity index (χ3v) is 3.78. The first-order chi connectivity index (χ1) is 9.18. The number of hydrogen-bond donors (Lipinski definition) is 1. The average molecular weight is 306 g/mol. The highest BCUT2D eigenvalue weighted by molar-refractivity contribution is 7.94.